The Labute approximate surface area is 194 Å². The molecule has 1 spiro atoms. The van der Waals surface area contributed by atoms with Crippen molar-refractivity contribution in [3.8, 4) is 17.0 Å². The van der Waals surface area contributed by atoms with Crippen molar-refractivity contribution in [1.82, 2.24) is 9.97 Å². The van der Waals surface area contributed by atoms with Gasteiger partial charge in [-0.1, -0.05) is 23.7 Å². The number of anilines is 1. The number of halogens is 1. The molecule has 2 fully saturated rings. The number of aromatic nitrogens is 2. The summed E-state index contributed by atoms with van der Waals surface area (Å²) in [5, 5.41) is 10.6. The molecular weight excluding hydrogens is 428 g/mol. The highest BCUT2D eigenvalue weighted by Crippen LogP contribution is 2.42. The molecule has 2 atom stereocenters. The minimum absolute atomic E-state index is 0.00841. The number of aryl methyl sites for hydroxylation is 1. The fourth-order valence-electron chi connectivity index (χ4n) is 4.83. The van der Waals surface area contributed by atoms with Crippen LogP contribution in [0, 0.1) is 12.3 Å². The Morgan fingerprint density at radius 3 is 2.62 bits per heavy atom. The van der Waals surface area contributed by atoms with Gasteiger partial charge in [0.15, 0.2) is 5.82 Å². The van der Waals surface area contributed by atoms with Crippen molar-refractivity contribution in [2.24, 2.45) is 11.1 Å². The number of aliphatic hydroxyl groups excluding tert-OH is 1. The van der Waals surface area contributed by atoms with Crippen molar-refractivity contribution in [2.75, 3.05) is 24.6 Å². The van der Waals surface area contributed by atoms with Crippen LogP contribution in [-0.2, 0) is 11.3 Å². The Kier molecular flexibility index (Phi) is 6.63. The van der Waals surface area contributed by atoms with E-state index in [4.69, 9.17) is 36.8 Å². The van der Waals surface area contributed by atoms with Crippen LogP contribution in [0.4, 0.5) is 5.82 Å². The predicted octanol–water partition coefficient (Wildman–Crippen LogP) is 3.72. The summed E-state index contributed by atoms with van der Waals surface area (Å²) < 4.78 is 11.7. The smallest absolute Gasteiger partial charge is 0.153 e. The Morgan fingerprint density at radius 2 is 2.03 bits per heavy atom. The zero-order valence-corrected chi connectivity index (χ0v) is 20.0. The molecule has 2 saturated heterocycles. The predicted molar refractivity (Wildman–Crippen MR) is 126 cm³/mol. The van der Waals surface area contributed by atoms with Crippen molar-refractivity contribution < 1.29 is 14.6 Å². The molecule has 0 unspecified atom stereocenters. The van der Waals surface area contributed by atoms with Crippen LogP contribution in [0.1, 0.15) is 45.0 Å². The van der Waals surface area contributed by atoms with E-state index in [-0.39, 0.29) is 30.3 Å². The maximum atomic E-state index is 10.1. The number of hydrogen-bond acceptors (Lipinski definition) is 7. The topological polar surface area (TPSA) is 93.7 Å². The zero-order valence-electron chi connectivity index (χ0n) is 19.3. The summed E-state index contributed by atoms with van der Waals surface area (Å²) in [6.45, 7) is 10.0. The highest BCUT2D eigenvalue weighted by Gasteiger charge is 2.47. The van der Waals surface area contributed by atoms with Gasteiger partial charge in [-0.3, -0.25) is 0 Å². The molecule has 8 heteroatoms. The summed E-state index contributed by atoms with van der Waals surface area (Å²) in [6.07, 6.45) is 1.98. The first-order valence-corrected chi connectivity index (χ1v) is 11.7. The average molecular weight is 461 g/mol. The largest absolute Gasteiger partial charge is 0.489 e. The lowest BCUT2D eigenvalue weighted by Crippen LogP contribution is -2.51. The minimum Gasteiger partial charge on any atom is -0.489 e. The van der Waals surface area contributed by atoms with Crippen LogP contribution in [0.3, 0.4) is 0 Å². The van der Waals surface area contributed by atoms with Crippen LogP contribution >= 0.6 is 11.6 Å². The molecule has 2 aromatic rings. The highest BCUT2D eigenvalue weighted by molar-refractivity contribution is 6.34. The van der Waals surface area contributed by atoms with Crippen LogP contribution in [-0.4, -0.2) is 53.0 Å². The van der Waals surface area contributed by atoms with Crippen LogP contribution in [0.2, 0.25) is 5.02 Å². The summed E-state index contributed by atoms with van der Waals surface area (Å²) >= 11 is 6.65. The average Bonchev–Trinajstić information content (AvgIpc) is 3.04. The molecule has 7 nitrogen and oxygen atoms in total. The maximum Gasteiger partial charge on any atom is 0.153 e. The summed E-state index contributed by atoms with van der Waals surface area (Å²) in [7, 11) is 0. The van der Waals surface area contributed by atoms with Gasteiger partial charge in [-0.25, -0.2) is 9.97 Å². The number of hydrogen-bond donors (Lipinski definition) is 2. The van der Waals surface area contributed by atoms with E-state index in [2.05, 4.69) is 11.8 Å². The lowest BCUT2D eigenvalue weighted by Gasteiger charge is -2.42. The standard InChI is InChI=1S/C24H33ClN4O3/c1-14(2)32-19-7-5-6-17(20(19)25)21-15(3)27-23(18(12-30)28-21)29-10-8-24(9-11-29)13-31-16(4)22(24)26/h5-7,14,16,22,30H,8-13,26H2,1-4H3/t16-,22+/m0/s1. The summed E-state index contributed by atoms with van der Waals surface area (Å²) in [6, 6.07) is 5.70. The number of benzene rings is 1. The van der Waals surface area contributed by atoms with Gasteiger partial charge in [-0.05, 0) is 46.6 Å². The Hall–Kier alpha value is -1.93. The first-order chi connectivity index (χ1) is 15.3. The third-order valence-electron chi connectivity index (χ3n) is 6.76. The van der Waals surface area contributed by atoms with E-state index in [1.54, 1.807) is 0 Å². The van der Waals surface area contributed by atoms with E-state index < -0.39 is 0 Å². The minimum atomic E-state index is -0.198. The number of piperidine rings is 1. The summed E-state index contributed by atoms with van der Waals surface area (Å²) in [4.78, 5) is 11.9. The number of aliphatic hydroxyl groups is 1. The first kappa shape index (κ1) is 23.2. The molecule has 1 aromatic heterocycles. The van der Waals surface area contributed by atoms with Gasteiger partial charge >= 0.3 is 0 Å². The van der Waals surface area contributed by atoms with Gasteiger partial charge in [-0.2, -0.15) is 0 Å². The van der Waals surface area contributed by atoms with Gasteiger partial charge < -0.3 is 25.2 Å². The SMILES string of the molecule is Cc1nc(N2CCC3(CC2)CO[C@@H](C)[C@H]3N)c(CO)nc1-c1cccc(OC(C)C)c1Cl. The monoisotopic (exact) mass is 460 g/mol. The van der Waals surface area contributed by atoms with E-state index >= 15 is 0 Å². The van der Waals surface area contributed by atoms with E-state index in [9.17, 15) is 5.11 Å². The second-order valence-corrected chi connectivity index (χ2v) is 9.64. The van der Waals surface area contributed by atoms with Crippen LogP contribution < -0.4 is 15.4 Å². The molecule has 0 amide bonds. The molecule has 2 aliphatic rings. The first-order valence-electron chi connectivity index (χ1n) is 11.3. The lowest BCUT2D eigenvalue weighted by molar-refractivity contribution is 0.0973. The molecule has 3 N–H and O–H groups in total. The third kappa shape index (κ3) is 4.19. The quantitative estimate of drug-likeness (QED) is 0.702. The number of nitrogens with two attached hydrogens (primary N) is 1. The maximum absolute atomic E-state index is 10.1. The lowest BCUT2D eigenvalue weighted by atomic mass is 9.73. The van der Waals surface area contributed by atoms with Crippen molar-refractivity contribution in [1.29, 1.82) is 0 Å². The van der Waals surface area contributed by atoms with Crippen molar-refractivity contribution >= 4 is 17.4 Å². The molecule has 2 aliphatic heterocycles. The van der Waals surface area contributed by atoms with Crippen molar-refractivity contribution in [2.45, 2.75) is 65.4 Å². The zero-order chi connectivity index (χ0) is 23.0. The van der Waals surface area contributed by atoms with Gasteiger partial charge in [0.25, 0.3) is 0 Å². The number of ether oxygens (including phenoxy) is 2. The van der Waals surface area contributed by atoms with Crippen molar-refractivity contribution in [3.05, 3.63) is 34.6 Å². The summed E-state index contributed by atoms with van der Waals surface area (Å²) in [5.41, 5.74) is 9.20. The second-order valence-electron chi connectivity index (χ2n) is 9.26. The second kappa shape index (κ2) is 9.14. The molecular formula is C24H33ClN4O3. The molecule has 0 saturated carbocycles. The van der Waals surface area contributed by atoms with Gasteiger partial charge in [0.2, 0.25) is 0 Å². The van der Waals surface area contributed by atoms with Gasteiger partial charge in [0.05, 0.1) is 41.8 Å². The van der Waals surface area contributed by atoms with Crippen LogP contribution in [0.25, 0.3) is 11.3 Å². The fourth-order valence-corrected chi connectivity index (χ4v) is 5.09. The van der Waals surface area contributed by atoms with Gasteiger partial charge in [-0.15, -0.1) is 0 Å². The summed E-state index contributed by atoms with van der Waals surface area (Å²) in [5.74, 6) is 1.34. The molecule has 3 heterocycles. The molecule has 32 heavy (non-hydrogen) atoms. The molecule has 0 bridgehead atoms. The normalized spacial score (nSPS) is 22.7. The van der Waals surface area contributed by atoms with Crippen LogP contribution in [0.5, 0.6) is 5.75 Å². The number of nitrogens with zero attached hydrogens (tertiary/aromatic N) is 3. The molecule has 1 aromatic carbocycles. The van der Waals surface area contributed by atoms with E-state index in [0.29, 0.717) is 28.8 Å². The molecule has 4 rings (SSSR count). The third-order valence-corrected chi connectivity index (χ3v) is 7.15. The highest BCUT2D eigenvalue weighted by atomic mass is 35.5. The van der Waals surface area contributed by atoms with Gasteiger partial charge in [0.1, 0.15) is 11.4 Å². The fraction of sp³-hybridized carbons (Fsp3) is 0.583. The molecule has 0 aliphatic carbocycles. The molecule has 174 valence electrons. The van der Waals surface area contributed by atoms with E-state index in [1.165, 1.54) is 0 Å². The van der Waals surface area contributed by atoms with Gasteiger partial charge in [0, 0.05) is 30.1 Å². The molecule has 0 radical (unpaired) electrons. The van der Waals surface area contributed by atoms with Crippen molar-refractivity contribution in [3.63, 3.8) is 0 Å². The Bertz CT molecular complexity index is 976. The van der Waals surface area contributed by atoms with E-state index in [0.717, 1.165) is 43.0 Å². The Balaban J connectivity index is 1.62. The van der Waals surface area contributed by atoms with Crippen LogP contribution in [0.15, 0.2) is 18.2 Å². The van der Waals surface area contributed by atoms with E-state index in [1.807, 2.05) is 39.0 Å². The number of rotatable bonds is 5. The Morgan fingerprint density at radius 1 is 1.31 bits per heavy atom.